The molecule has 0 saturated heterocycles. The Balaban J connectivity index is 1.86. The minimum atomic E-state index is 0.695. The van der Waals surface area contributed by atoms with Gasteiger partial charge >= 0.3 is 0 Å². The lowest BCUT2D eigenvalue weighted by atomic mass is 10.3. The fourth-order valence-electron chi connectivity index (χ4n) is 2.73. The van der Waals surface area contributed by atoms with E-state index in [-0.39, 0.29) is 0 Å². The van der Waals surface area contributed by atoms with Crippen LogP contribution in [0.4, 0.5) is 0 Å². The van der Waals surface area contributed by atoms with Gasteiger partial charge in [-0.05, 0) is 13.8 Å². The van der Waals surface area contributed by atoms with Gasteiger partial charge < -0.3 is 18.9 Å². The second-order valence-electron chi connectivity index (χ2n) is 5.39. The highest BCUT2D eigenvalue weighted by molar-refractivity contribution is 7.23. The van der Waals surface area contributed by atoms with Crippen molar-refractivity contribution < 1.29 is 18.9 Å². The summed E-state index contributed by atoms with van der Waals surface area (Å²) in [6, 6.07) is 0. The summed E-state index contributed by atoms with van der Waals surface area (Å²) in [6.07, 6.45) is 1.83. The maximum absolute atomic E-state index is 5.98. The van der Waals surface area contributed by atoms with Gasteiger partial charge in [0.15, 0.2) is 23.0 Å². The molecular formula is C16H18O4S2. The van der Waals surface area contributed by atoms with Crippen molar-refractivity contribution in [2.24, 2.45) is 0 Å². The molecule has 2 aromatic rings. The summed E-state index contributed by atoms with van der Waals surface area (Å²) in [5.74, 6) is 3.53. The van der Waals surface area contributed by atoms with Gasteiger partial charge in [0.2, 0.25) is 0 Å². The third-order valence-electron chi connectivity index (χ3n) is 3.74. The van der Waals surface area contributed by atoms with Gasteiger partial charge in [-0.2, -0.15) is 0 Å². The van der Waals surface area contributed by atoms with E-state index in [1.807, 2.05) is 0 Å². The lowest BCUT2D eigenvalue weighted by molar-refractivity contribution is 0.295. The molecule has 4 heterocycles. The average molecular weight is 338 g/mol. The molecule has 2 aromatic heterocycles. The predicted octanol–water partition coefficient (Wildman–Crippen LogP) is 4.42. The third-order valence-corrected chi connectivity index (χ3v) is 6.04. The zero-order valence-corrected chi connectivity index (χ0v) is 14.3. The third kappa shape index (κ3) is 2.25. The van der Waals surface area contributed by atoms with Crippen LogP contribution in [0.2, 0.25) is 0 Å². The van der Waals surface area contributed by atoms with Crippen molar-refractivity contribution in [2.75, 3.05) is 26.4 Å². The van der Waals surface area contributed by atoms with Crippen LogP contribution in [-0.4, -0.2) is 26.4 Å². The Morgan fingerprint density at radius 2 is 0.955 bits per heavy atom. The van der Waals surface area contributed by atoms with Crippen LogP contribution in [0.5, 0.6) is 23.0 Å². The second kappa shape index (κ2) is 5.66. The summed E-state index contributed by atoms with van der Waals surface area (Å²) in [7, 11) is 0. The Morgan fingerprint density at radius 3 is 1.36 bits per heavy atom. The molecule has 0 spiro atoms. The summed E-state index contributed by atoms with van der Waals surface area (Å²) in [4.78, 5) is 4.52. The van der Waals surface area contributed by atoms with Gasteiger partial charge in [-0.15, -0.1) is 22.7 Å². The molecule has 2 aliphatic rings. The molecule has 22 heavy (non-hydrogen) atoms. The molecule has 0 radical (unpaired) electrons. The van der Waals surface area contributed by atoms with E-state index in [0.717, 1.165) is 55.3 Å². The predicted molar refractivity (Wildman–Crippen MR) is 88.3 cm³/mol. The first-order chi connectivity index (χ1) is 10.8. The number of rotatable bonds is 1. The summed E-state index contributed by atoms with van der Waals surface area (Å²) in [5, 5.41) is 0. The lowest BCUT2D eigenvalue weighted by Gasteiger charge is -2.07. The van der Waals surface area contributed by atoms with E-state index in [1.54, 1.807) is 22.7 Å². The second-order valence-corrected chi connectivity index (χ2v) is 7.84. The number of hydrogen-bond acceptors (Lipinski definition) is 6. The van der Waals surface area contributed by atoms with Crippen LogP contribution in [0.25, 0.3) is 9.75 Å². The number of aryl methyl sites for hydroxylation is 2. The van der Waals surface area contributed by atoms with Crippen molar-refractivity contribution in [1.82, 2.24) is 0 Å². The molecule has 118 valence electrons. The quantitative estimate of drug-likeness (QED) is 0.771. The maximum Gasteiger partial charge on any atom is 0.181 e. The Kier molecular flexibility index (Phi) is 3.66. The van der Waals surface area contributed by atoms with Gasteiger partial charge in [0.1, 0.15) is 0 Å². The zero-order valence-electron chi connectivity index (χ0n) is 12.7. The van der Waals surface area contributed by atoms with E-state index in [0.29, 0.717) is 26.4 Å². The van der Waals surface area contributed by atoms with Crippen LogP contribution in [0, 0.1) is 13.8 Å². The Labute approximate surface area is 137 Å². The van der Waals surface area contributed by atoms with Crippen molar-refractivity contribution in [3.05, 3.63) is 9.75 Å². The molecule has 0 aliphatic carbocycles. The molecule has 0 N–H and O–H groups in total. The van der Waals surface area contributed by atoms with Crippen LogP contribution in [-0.2, 0) is 0 Å². The molecule has 4 rings (SSSR count). The lowest BCUT2D eigenvalue weighted by Crippen LogP contribution is -1.99. The first-order valence-electron chi connectivity index (χ1n) is 7.54. The van der Waals surface area contributed by atoms with Gasteiger partial charge in [-0.25, -0.2) is 0 Å². The first-order valence-corrected chi connectivity index (χ1v) is 9.17. The SMILES string of the molecule is Cc1sc(-c2sc(C)c3c2OCCCO3)c2c1OCCCO2. The van der Waals surface area contributed by atoms with Crippen molar-refractivity contribution in [1.29, 1.82) is 0 Å². The highest BCUT2D eigenvalue weighted by Gasteiger charge is 2.29. The minimum Gasteiger partial charge on any atom is -0.488 e. The summed E-state index contributed by atoms with van der Waals surface area (Å²) >= 11 is 3.42. The van der Waals surface area contributed by atoms with E-state index >= 15 is 0 Å². The number of hydrogen-bond donors (Lipinski definition) is 0. The number of ether oxygens (including phenoxy) is 4. The van der Waals surface area contributed by atoms with Gasteiger partial charge in [0, 0.05) is 22.6 Å². The molecule has 0 aromatic carbocycles. The average Bonchev–Trinajstić information content (AvgIpc) is 2.81. The van der Waals surface area contributed by atoms with E-state index in [4.69, 9.17) is 18.9 Å². The largest absolute Gasteiger partial charge is 0.488 e. The van der Waals surface area contributed by atoms with Crippen molar-refractivity contribution >= 4 is 22.7 Å². The molecule has 0 amide bonds. The number of fused-ring (bicyclic) bond motifs is 2. The zero-order chi connectivity index (χ0) is 15.1. The summed E-state index contributed by atoms with van der Waals surface area (Å²) in [6.45, 7) is 6.98. The molecule has 2 aliphatic heterocycles. The number of thiophene rings is 2. The van der Waals surface area contributed by atoms with E-state index in [2.05, 4.69) is 13.8 Å². The van der Waals surface area contributed by atoms with Crippen LogP contribution in [0.3, 0.4) is 0 Å². The van der Waals surface area contributed by atoms with Gasteiger partial charge in [0.05, 0.1) is 36.2 Å². The molecule has 6 heteroatoms. The molecule has 0 atom stereocenters. The molecule has 0 saturated carbocycles. The van der Waals surface area contributed by atoms with E-state index < -0.39 is 0 Å². The smallest absolute Gasteiger partial charge is 0.181 e. The van der Waals surface area contributed by atoms with Crippen LogP contribution >= 0.6 is 22.7 Å². The Morgan fingerprint density at radius 1 is 0.591 bits per heavy atom. The van der Waals surface area contributed by atoms with Crippen molar-refractivity contribution in [2.45, 2.75) is 26.7 Å². The fourth-order valence-corrected chi connectivity index (χ4v) is 4.94. The van der Waals surface area contributed by atoms with Gasteiger partial charge in [0.25, 0.3) is 0 Å². The van der Waals surface area contributed by atoms with Crippen LogP contribution < -0.4 is 18.9 Å². The topological polar surface area (TPSA) is 36.9 Å². The van der Waals surface area contributed by atoms with Crippen LogP contribution in [0.1, 0.15) is 22.6 Å². The maximum atomic E-state index is 5.98. The summed E-state index contributed by atoms with van der Waals surface area (Å²) < 4.78 is 23.7. The van der Waals surface area contributed by atoms with E-state index in [1.165, 1.54) is 0 Å². The Hall–Kier alpha value is -1.40. The van der Waals surface area contributed by atoms with Crippen molar-refractivity contribution in [3.8, 4) is 32.8 Å². The highest BCUT2D eigenvalue weighted by Crippen LogP contribution is 2.56. The highest BCUT2D eigenvalue weighted by atomic mass is 32.1. The molecule has 0 fully saturated rings. The Bertz CT molecular complexity index is 641. The first kappa shape index (κ1) is 14.2. The van der Waals surface area contributed by atoms with E-state index in [9.17, 15) is 0 Å². The summed E-state index contributed by atoms with van der Waals surface area (Å²) in [5.41, 5.74) is 0. The minimum absolute atomic E-state index is 0.695. The standard InChI is InChI=1S/C16H18O4S2/c1-9-11-13(19-7-3-5-17-11)15(21-9)16-14-12(10(2)22-16)18-6-4-8-20-14/h3-8H2,1-2H3. The van der Waals surface area contributed by atoms with Crippen molar-refractivity contribution in [3.63, 3.8) is 0 Å². The molecular weight excluding hydrogens is 320 g/mol. The molecule has 0 bridgehead atoms. The van der Waals surface area contributed by atoms with Crippen LogP contribution in [0.15, 0.2) is 0 Å². The molecule has 4 nitrogen and oxygen atoms in total. The van der Waals surface area contributed by atoms with Gasteiger partial charge in [-0.3, -0.25) is 0 Å². The normalized spacial score (nSPS) is 17.0. The molecule has 0 unspecified atom stereocenters. The van der Waals surface area contributed by atoms with Gasteiger partial charge in [-0.1, -0.05) is 0 Å². The fraction of sp³-hybridized carbons (Fsp3) is 0.500. The monoisotopic (exact) mass is 338 g/mol.